The van der Waals surface area contributed by atoms with Crippen molar-refractivity contribution in [2.75, 3.05) is 0 Å². The van der Waals surface area contributed by atoms with Gasteiger partial charge in [-0.3, -0.25) is 0 Å². The van der Waals surface area contributed by atoms with Crippen LogP contribution in [0.4, 0.5) is 0 Å². The molecule has 0 heterocycles. The third-order valence-electron chi connectivity index (χ3n) is 1.76. The Morgan fingerprint density at radius 3 is 2.36 bits per heavy atom. The molecule has 1 radical (unpaired) electrons. The van der Waals surface area contributed by atoms with E-state index in [9.17, 15) is 0 Å². The Morgan fingerprint density at radius 2 is 1.73 bits per heavy atom. The van der Waals surface area contributed by atoms with Gasteiger partial charge in [-0.25, -0.2) is 0 Å². The summed E-state index contributed by atoms with van der Waals surface area (Å²) in [5.41, 5.74) is 0. The molecule has 0 rings (SSSR count). The van der Waals surface area contributed by atoms with Gasteiger partial charge in [0.25, 0.3) is 0 Å². The van der Waals surface area contributed by atoms with Crippen molar-refractivity contribution in [3.05, 3.63) is 19.1 Å². The van der Waals surface area contributed by atoms with Crippen molar-refractivity contribution < 1.29 is 0 Å². The first-order valence-electron chi connectivity index (χ1n) is 4.86. The van der Waals surface area contributed by atoms with Gasteiger partial charge in [0.05, 0.1) is 0 Å². The molecule has 0 bridgehead atoms. The highest BCUT2D eigenvalue weighted by atomic mass is 13.9. The molecule has 0 heteroatoms. The van der Waals surface area contributed by atoms with Gasteiger partial charge in [-0.05, 0) is 25.7 Å². The molecule has 0 N–H and O–H groups in total. The molecule has 0 aromatic heterocycles. The summed E-state index contributed by atoms with van der Waals surface area (Å²) in [6, 6.07) is 0. The minimum Gasteiger partial charge on any atom is -0.0885 e. The van der Waals surface area contributed by atoms with Crippen LogP contribution in [0.5, 0.6) is 0 Å². The van der Waals surface area contributed by atoms with Crippen molar-refractivity contribution in [1.82, 2.24) is 0 Å². The van der Waals surface area contributed by atoms with E-state index in [1.165, 1.54) is 32.1 Å². The number of hydrogen-bond donors (Lipinski definition) is 0. The fraction of sp³-hybridized carbons (Fsp3) is 0.727. The van der Waals surface area contributed by atoms with Crippen LogP contribution >= 0.6 is 0 Å². The van der Waals surface area contributed by atoms with Gasteiger partial charge >= 0.3 is 0 Å². The van der Waals surface area contributed by atoms with Crippen molar-refractivity contribution in [2.24, 2.45) is 0 Å². The molecular formula is C11H21. The molecule has 0 saturated carbocycles. The smallest absolute Gasteiger partial charge is 0.0351 e. The standard InChI is InChI=1S/C11H21/c1-3-5-7-9-11-10-8-6-4-2/h7,9H,1,3-6,8,10-11H2,2H3. The Hall–Kier alpha value is -0.260. The van der Waals surface area contributed by atoms with E-state index in [2.05, 4.69) is 26.0 Å². The van der Waals surface area contributed by atoms with Gasteiger partial charge in [0.1, 0.15) is 0 Å². The lowest BCUT2D eigenvalue weighted by molar-refractivity contribution is 0.674. The summed E-state index contributed by atoms with van der Waals surface area (Å²) in [6.45, 7) is 6.03. The monoisotopic (exact) mass is 153 g/mol. The summed E-state index contributed by atoms with van der Waals surface area (Å²) in [7, 11) is 0. The van der Waals surface area contributed by atoms with E-state index in [-0.39, 0.29) is 0 Å². The molecule has 0 unspecified atom stereocenters. The third kappa shape index (κ3) is 9.74. The molecule has 0 aliphatic carbocycles. The molecule has 0 aliphatic heterocycles. The maximum Gasteiger partial charge on any atom is -0.0351 e. The van der Waals surface area contributed by atoms with Crippen molar-refractivity contribution >= 4 is 0 Å². The summed E-state index contributed by atoms with van der Waals surface area (Å²) in [4.78, 5) is 0. The van der Waals surface area contributed by atoms with Gasteiger partial charge in [-0.2, -0.15) is 0 Å². The van der Waals surface area contributed by atoms with Gasteiger partial charge in [0.2, 0.25) is 0 Å². The van der Waals surface area contributed by atoms with Gasteiger partial charge in [-0.1, -0.05) is 45.3 Å². The Bertz CT molecular complexity index is 82.0. The van der Waals surface area contributed by atoms with Crippen LogP contribution in [0.25, 0.3) is 0 Å². The van der Waals surface area contributed by atoms with Crippen LogP contribution in [0.15, 0.2) is 12.2 Å². The SMILES string of the molecule is [CH2]CCC=CCCCCCC. The van der Waals surface area contributed by atoms with Gasteiger partial charge in [0.15, 0.2) is 0 Å². The second kappa shape index (κ2) is 9.74. The number of rotatable bonds is 7. The average molecular weight is 153 g/mol. The zero-order valence-corrected chi connectivity index (χ0v) is 7.81. The van der Waals surface area contributed by atoms with Crippen LogP contribution in [-0.4, -0.2) is 0 Å². The molecule has 0 fully saturated rings. The highest BCUT2D eigenvalue weighted by Gasteiger charge is 1.83. The normalized spacial score (nSPS) is 11.1. The van der Waals surface area contributed by atoms with Crippen LogP contribution < -0.4 is 0 Å². The zero-order valence-electron chi connectivity index (χ0n) is 7.81. The highest BCUT2D eigenvalue weighted by Crippen LogP contribution is 2.03. The average Bonchev–Trinajstić information content (AvgIpc) is 2.03. The Morgan fingerprint density at radius 1 is 1.00 bits per heavy atom. The zero-order chi connectivity index (χ0) is 8.36. The molecule has 65 valence electrons. The first-order chi connectivity index (χ1) is 5.41. The molecule has 0 aromatic carbocycles. The Balaban J connectivity index is 2.89. The van der Waals surface area contributed by atoms with E-state index in [4.69, 9.17) is 0 Å². The molecule has 0 aliphatic rings. The molecule has 0 saturated heterocycles. The molecule has 0 amide bonds. The second-order valence-corrected chi connectivity index (χ2v) is 2.96. The maximum atomic E-state index is 3.78. The van der Waals surface area contributed by atoms with E-state index in [1.807, 2.05) is 0 Å². The third-order valence-corrected chi connectivity index (χ3v) is 1.76. The van der Waals surface area contributed by atoms with Crippen LogP contribution in [0, 0.1) is 6.92 Å². The summed E-state index contributed by atoms with van der Waals surface area (Å²) in [5.74, 6) is 0. The first-order valence-corrected chi connectivity index (χ1v) is 4.86. The summed E-state index contributed by atoms with van der Waals surface area (Å²) in [5, 5.41) is 0. The van der Waals surface area contributed by atoms with Crippen LogP contribution in [0.1, 0.15) is 51.9 Å². The Labute approximate surface area is 71.7 Å². The number of allylic oxidation sites excluding steroid dienone is 2. The number of unbranched alkanes of at least 4 members (excludes halogenated alkanes) is 5. The van der Waals surface area contributed by atoms with E-state index in [0.717, 1.165) is 12.8 Å². The molecule has 11 heavy (non-hydrogen) atoms. The minimum atomic E-state index is 1.03. The van der Waals surface area contributed by atoms with E-state index in [0.29, 0.717) is 0 Å². The van der Waals surface area contributed by atoms with Gasteiger partial charge < -0.3 is 0 Å². The number of hydrogen-bond acceptors (Lipinski definition) is 0. The van der Waals surface area contributed by atoms with Gasteiger partial charge in [0, 0.05) is 0 Å². The lowest BCUT2D eigenvalue weighted by atomic mass is 10.1. The first kappa shape index (κ1) is 10.7. The topological polar surface area (TPSA) is 0 Å². The minimum absolute atomic E-state index is 1.03. The molecule has 0 nitrogen and oxygen atoms in total. The Kier molecular flexibility index (Phi) is 9.51. The van der Waals surface area contributed by atoms with E-state index in [1.54, 1.807) is 0 Å². The van der Waals surface area contributed by atoms with Crippen LogP contribution in [0.2, 0.25) is 0 Å². The lowest BCUT2D eigenvalue weighted by Crippen LogP contribution is -1.73. The molecule has 0 spiro atoms. The molecule has 0 atom stereocenters. The van der Waals surface area contributed by atoms with E-state index < -0.39 is 0 Å². The largest absolute Gasteiger partial charge is 0.0885 e. The van der Waals surface area contributed by atoms with Crippen molar-refractivity contribution in [3.8, 4) is 0 Å². The van der Waals surface area contributed by atoms with E-state index >= 15 is 0 Å². The van der Waals surface area contributed by atoms with Crippen LogP contribution in [-0.2, 0) is 0 Å². The highest BCUT2D eigenvalue weighted by molar-refractivity contribution is 4.81. The fourth-order valence-electron chi connectivity index (χ4n) is 1.04. The molecule has 0 aromatic rings. The second-order valence-electron chi connectivity index (χ2n) is 2.96. The molecular weight excluding hydrogens is 132 g/mol. The van der Waals surface area contributed by atoms with Crippen molar-refractivity contribution in [2.45, 2.75) is 51.9 Å². The summed E-state index contributed by atoms with van der Waals surface area (Å²) < 4.78 is 0. The van der Waals surface area contributed by atoms with Crippen LogP contribution in [0.3, 0.4) is 0 Å². The fourth-order valence-corrected chi connectivity index (χ4v) is 1.04. The van der Waals surface area contributed by atoms with Crippen molar-refractivity contribution in [1.29, 1.82) is 0 Å². The quantitative estimate of drug-likeness (QED) is 0.381. The maximum absolute atomic E-state index is 3.78. The summed E-state index contributed by atoms with van der Waals surface area (Å²) >= 11 is 0. The van der Waals surface area contributed by atoms with Crippen molar-refractivity contribution in [3.63, 3.8) is 0 Å². The predicted octanol–water partition coefficient (Wildman–Crippen LogP) is 4.13. The van der Waals surface area contributed by atoms with Gasteiger partial charge in [-0.15, -0.1) is 0 Å². The predicted molar refractivity (Wildman–Crippen MR) is 52.5 cm³/mol. The summed E-state index contributed by atoms with van der Waals surface area (Å²) in [6.07, 6.45) is 13.5. The lowest BCUT2D eigenvalue weighted by Gasteiger charge is -1.93.